The average molecular weight is 386 g/mol. The summed E-state index contributed by atoms with van der Waals surface area (Å²) in [7, 11) is -4.80. The zero-order chi connectivity index (χ0) is 19.3. The third kappa shape index (κ3) is 23.0. The van der Waals surface area contributed by atoms with Crippen molar-refractivity contribution in [1.29, 1.82) is 0 Å². The Morgan fingerprint density at radius 3 is 1.69 bits per heavy atom. The van der Waals surface area contributed by atoms with Crippen LogP contribution in [0.25, 0.3) is 0 Å². The maximum absolute atomic E-state index is 12.2. The minimum Gasteiger partial charge on any atom is -0.299 e. The first-order chi connectivity index (χ1) is 12.6. The largest absolute Gasteiger partial charge is 0.510 e. The third-order valence-corrected chi connectivity index (χ3v) is 4.22. The second-order valence-electron chi connectivity index (χ2n) is 6.22. The molecule has 3 nitrogen and oxygen atoms in total. The molecule has 0 saturated heterocycles. The third-order valence-electron chi connectivity index (χ3n) is 3.72. The quantitative estimate of drug-likeness (QED) is 0.159. The van der Waals surface area contributed by atoms with Crippen LogP contribution in [0.4, 0.5) is 4.20 Å². The number of rotatable bonds is 17. The van der Waals surface area contributed by atoms with Crippen molar-refractivity contribution in [3.8, 4) is 0 Å². The number of halogens is 1. The van der Waals surface area contributed by atoms with Crippen LogP contribution in [-0.4, -0.2) is 11.5 Å². The molecule has 150 valence electrons. The van der Waals surface area contributed by atoms with E-state index in [2.05, 4.69) is 60.1 Å². The smallest absolute Gasteiger partial charge is 0.299 e. The van der Waals surface area contributed by atoms with Gasteiger partial charge in [-0.3, -0.25) is 9.42 Å². The van der Waals surface area contributed by atoms with Crippen LogP contribution in [0, 0.1) is 0 Å². The molecular weight excluding hydrogens is 350 g/mol. The van der Waals surface area contributed by atoms with Gasteiger partial charge in [0.05, 0.1) is 6.61 Å². The van der Waals surface area contributed by atoms with E-state index in [9.17, 15) is 8.76 Å². The van der Waals surface area contributed by atoms with Gasteiger partial charge in [-0.25, -0.2) is 4.57 Å². The molecule has 0 radical (unpaired) electrons. The standard InChI is InChI=1S/C21H36FO3P/c1-2-3-4-5-6-7-8-9-10-11-12-13-14-15-16-17-18-19-20-21-25-26(22,23)24/h7-8,10-11,13-14,16-17H,2-6,9,12,15,18-21H2,1H3,(H,23,24)/b8-7-,11-10-,14-13-,17-16-. The van der Waals surface area contributed by atoms with E-state index in [4.69, 9.17) is 4.89 Å². The van der Waals surface area contributed by atoms with Gasteiger partial charge in [-0.05, 0) is 51.4 Å². The molecule has 0 rings (SSSR count). The van der Waals surface area contributed by atoms with Crippen LogP contribution < -0.4 is 0 Å². The Bertz CT molecular complexity index is 464. The lowest BCUT2D eigenvalue weighted by Crippen LogP contribution is -1.89. The lowest BCUT2D eigenvalue weighted by molar-refractivity contribution is 0.222. The predicted molar refractivity (Wildman–Crippen MR) is 110 cm³/mol. The first-order valence-electron chi connectivity index (χ1n) is 9.83. The summed E-state index contributed by atoms with van der Waals surface area (Å²) in [5.74, 6) is 0. The van der Waals surface area contributed by atoms with Crippen molar-refractivity contribution in [1.82, 2.24) is 0 Å². The zero-order valence-electron chi connectivity index (χ0n) is 16.2. The van der Waals surface area contributed by atoms with E-state index in [0.717, 1.165) is 32.1 Å². The highest BCUT2D eigenvalue weighted by molar-refractivity contribution is 7.46. The topological polar surface area (TPSA) is 46.5 Å². The Balaban J connectivity index is 3.41. The van der Waals surface area contributed by atoms with E-state index < -0.39 is 7.91 Å². The van der Waals surface area contributed by atoms with E-state index in [1.54, 1.807) is 0 Å². The Morgan fingerprint density at radius 1 is 0.769 bits per heavy atom. The van der Waals surface area contributed by atoms with Gasteiger partial charge in [-0.2, -0.15) is 0 Å². The second kappa shape index (κ2) is 18.8. The first kappa shape index (κ1) is 25.0. The average Bonchev–Trinajstić information content (AvgIpc) is 2.59. The van der Waals surface area contributed by atoms with Gasteiger partial charge < -0.3 is 0 Å². The Morgan fingerprint density at radius 2 is 1.23 bits per heavy atom. The maximum Gasteiger partial charge on any atom is 0.510 e. The van der Waals surface area contributed by atoms with Gasteiger partial charge in [0, 0.05) is 0 Å². The van der Waals surface area contributed by atoms with Gasteiger partial charge >= 0.3 is 7.91 Å². The molecule has 26 heavy (non-hydrogen) atoms. The molecule has 1 atom stereocenters. The van der Waals surface area contributed by atoms with Crippen LogP contribution >= 0.6 is 7.91 Å². The molecule has 0 aromatic heterocycles. The molecule has 0 aliphatic carbocycles. The van der Waals surface area contributed by atoms with Gasteiger partial charge in [0.2, 0.25) is 0 Å². The van der Waals surface area contributed by atoms with Gasteiger partial charge in [0.15, 0.2) is 0 Å². The number of allylic oxidation sites excluding steroid dienone is 8. The Hall–Kier alpha value is -0.960. The summed E-state index contributed by atoms with van der Waals surface area (Å²) in [5.41, 5.74) is 0. The summed E-state index contributed by atoms with van der Waals surface area (Å²) < 4.78 is 26.6. The molecular formula is C21H36FO3P. The fourth-order valence-corrected chi connectivity index (χ4v) is 2.63. The van der Waals surface area contributed by atoms with Crippen LogP contribution in [0.3, 0.4) is 0 Å². The van der Waals surface area contributed by atoms with Crippen molar-refractivity contribution in [2.45, 2.75) is 77.6 Å². The summed E-state index contributed by atoms with van der Waals surface area (Å²) >= 11 is 0. The number of hydrogen-bond acceptors (Lipinski definition) is 2. The summed E-state index contributed by atoms with van der Waals surface area (Å²) in [6, 6.07) is 0. The van der Waals surface area contributed by atoms with Gasteiger partial charge in [-0.15, -0.1) is 4.20 Å². The Kier molecular flexibility index (Phi) is 18.1. The fraction of sp³-hybridized carbons (Fsp3) is 0.619. The first-order valence-corrected chi connectivity index (χ1v) is 11.3. The van der Waals surface area contributed by atoms with E-state index in [1.807, 2.05) is 0 Å². The molecule has 0 heterocycles. The molecule has 1 N–H and O–H groups in total. The normalized spacial score (nSPS) is 15.0. The van der Waals surface area contributed by atoms with Crippen molar-refractivity contribution >= 4 is 7.91 Å². The summed E-state index contributed by atoms with van der Waals surface area (Å²) in [6.07, 6.45) is 29.0. The summed E-state index contributed by atoms with van der Waals surface area (Å²) in [5, 5.41) is 0. The monoisotopic (exact) mass is 386 g/mol. The molecule has 0 fully saturated rings. The van der Waals surface area contributed by atoms with Gasteiger partial charge in [0.1, 0.15) is 0 Å². The van der Waals surface area contributed by atoms with Crippen molar-refractivity contribution in [3.05, 3.63) is 48.6 Å². The molecule has 0 bridgehead atoms. The molecule has 0 spiro atoms. The highest BCUT2D eigenvalue weighted by Crippen LogP contribution is 2.43. The van der Waals surface area contributed by atoms with Crippen molar-refractivity contribution < 1.29 is 18.2 Å². The molecule has 0 aromatic rings. The van der Waals surface area contributed by atoms with Crippen LogP contribution in [0.2, 0.25) is 0 Å². The van der Waals surface area contributed by atoms with E-state index in [0.29, 0.717) is 6.42 Å². The SMILES string of the molecule is CCCCCC/C=C\C/C=C\C/C=C\C/C=C\CCCCOP(=O)(O)F. The van der Waals surface area contributed by atoms with Crippen molar-refractivity contribution in [2.75, 3.05) is 6.61 Å². The predicted octanol–water partition coefficient (Wildman–Crippen LogP) is 7.61. The Labute approximate surface area is 159 Å². The molecule has 0 saturated carbocycles. The highest BCUT2D eigenvalue weighted by atomic mass is 31.2. The van der Waals surface area contributed by atoms with Crippen LogP contribution in [0.15, 0.2) is 48.6 Å². The minimum atomic E-state index is -4.80. The molecule has 0 aliphatic heterocycles. The molecule has 0 aromatic carbocycles. The molecule has 1 unspecified atom stereocenters. The van der Waals surface area contributed by atoms with E-state index in [1.165, 1.54) is 32.1 Å². The van der Waals surface area contributed by atoms with Gasteiger partial charge in [0.25, 0.3) is 0 Å². The van der Waals surface area contributed by atoms with E-state index >= 15 is 0 Å². The van der Waals surface area contributed by atoms with Gasteiger partial charge in [-0.1, -0.05) is 74.8 Å². The maximum atomic E-state index is 12.2. The molecule has 0 aliphatic rings. The zero-order valence-corrected chi connectivity index (χ0v) is 17.1. The molecule has 0 amide bonds. The van der Waals surface area contributed by atoms with Crippen molar-refractivity contribution in [2.24, 2.45) is 0 Å². The number of hydrogen-bond donors (Lipinski definition) is 1. The fourth-order valence-electron chi connectivity index (χ4n) is 2.28. The minimum absolute atomic E-state index is 0.0155. The molecule has 5 heteroatoms. The van der Waals surface area contributed by atoms with Crippen LogP contribution in [-0.2, 0) is 9.09 Å². The second-order valence-corrected chi connectivity index (χ2v) is 7.38. The van der Waals surface area contributed by atoms with Crippen LogP contribution in [0.5, 0.6) is 0 Å². The number of unbranched alkanes of at least 4 members (excludes halogenated alkanes) is 6. The van der Waals surface area contributed by atoms with E-state index in [-0.39, 0.29) is 6.61 Å². The summed E-state index contributed by atoms with van der Waals surface area (Å²) in [6.45, 7) is 2.22. The highest BCUT2D eigenvalue weighted by Gasteiger charge is 2.15. The lowest BCUT2D eigenvalue weighted by Gasteiger charge is -2.01. The van der Waals surface area contributed by atoms with Crippen LogP contribution in [0.1, 0.15) is 77.6 Å². The summed E-state index contributed by atoms with van der Waals surface area (Å²) in [4.78, 5) is 8.31. The van der Waals surface area contributed by atoms with Crippen molar-refractivity contribution in [3.63, 3.8) is 0 Å². The lowest BCUT2D eigenvalue weighted by atomic mass is 10.1.